The van der Waals surface area contributed by atoms with Gasteiger partial charge < -0.3 is 4.74 Å². The standard InChI is InChI=1S/C13H18Br2N4OSi/c1-21(2,3)8-7-20-9-19-12(15)10(11(14)18-19)13-16-5-4-6-17-13/h4-6H,7-9H2,1-3H3. The van der Waals surface area contributed by atoms with E-state index in [1.807, 2.05) is 0 Å². The lowest BCUT2D eigenvalue weighted by atomic mass is 10.3. The summed E-state index contributed by atoms with van der Waals surface area (Å²) in [5.41, 5.74) is 0.837. The van der Waals surface area contributed by atoms with E-state index in [2.05, 4.69) is 66.6 Å². The van der Waals surface area contributed by atoms with Crippen LogP contribution in [-0.2, 0) is 11.5 Å². The van der Waals surface area contributed by atoms with Gasteiger partial charge in [-0.15, -0.1) is 0 Å². The molecule has 0 N–H and O–H groups in total. The Morgan fingerprint density at radius 3 is 2.48 bits per heavy atom. The maximum absolute atomic E-state index is 5.72. The van der Waals surface area contributed by atoms with Crippen LogP contribution in [0.15, 0.2) is 27.7 Å². The van der Waals surface area contributed by atoms with E-state index in [9.17, 15) is 0 Å². The molecule has 0 radical (unpaired) electrons. The minimum atomic E-state index is -1.06. The first-order valence-corrected chi connectivity index (χ1v) is 11.9. The monoisotopic (exact) mass is 432 g/mol. The van der Waals surface area contributed by atoms with Crippen molar-refractivity contribution in [3.63, 3.8) is 0 Å². The fraction of sp³-hybridized carbons (Fsp3) is 0.462. The van der Waals surface area contributed by atoms with Gasteiger partial charge in [0.1, 0.15) is 15.9 Å². The molecule has 0 fully saturated rings. The Kier molecular flexibility index (Phi) is 5.70. The summed E-state index contributed by atoms with van der Waals surface area (Å²) in [6, 6.07) is 2.93. The van der Waals surface area contributed by atoms with Crippen LogP contribution in [0.1, 0.15) is 0 Å². The fourth-order valence-corrected chi connectivity index (χ4v) is 3.77. The average molecular weight is 434 g/mol. The van der Waals surface area contributed by atoms with Crippen molar-refractivity contribution in [2.24, 2.45) is 0 Å². The Morgan fingerprint density at radius 2 is 1.86 bits per heavy atom. The second kappa shape index (κ2) is 7.13. The Labute approximate surface area is 142 Å². The van der Waals surface area contributed by atoms with Gasteiger partial charge >= 0.3 is 0 Å². The number of hydrogen-bond donors (Lipinski definition) is 0. The zero-order chi connectivity index (χ0) is 15.5. The van der Waals surface area contributed by atoms with Crippen molar-refractivity contribution in [1.82, 2.24) is 19.7 Å². The largest absolute Gasteiger partial charge is 0.359 e. The van der Waals surface area contributed by atoms with Gasteiger partial charge in [0.25, 0.3) is 0 Å². The molecule has 0 amide bonds. The van der Waals surface area contributed by atoms with E-state index >= 15 is 0 Å². The molecule has 0 saturated carbocycles. The Morgan fingerprint density at radius 1 is 1.19 bits per heavy atom. The second-order valence-electron chi connectivity index (χ2n) is 5.88. The van der Waals surface area contributed by atoms with Crippen LogP contribution in [0.4, 0.5) is 0 Å². The molecule has 0 unspecified atom stereocenters. The summed E-state index contributed by atoms with van der Waals surface area (Å²) in [5, 5.41) is 4.41. The van der Waals surface area contributed by atoms with Gasteiger partial charge in [0.05, 0.1) is 5.56 Å². The van der Waals surface area contributed by atoms with Crippen LogP contribution in [0.3, 0.4) is 0 Å². The number of aromatic nitrogens is 4. The van der Waals surface area contributed by atoms with E-state index in [0.29, 0.717) is 17.2 Å². The maximum atomic E-state index is 5.72. The van der Waals surface area contributed by atoms with Crippen LogP contribution in [-0.4, -0.2) is 34.4 Å². The lowest BCUT2D eigenvalue weighted by molar-refractivity contribution is 0.0768. The summed E-state index contributed by atoms with van der Waals surface area (Å²) in [5.74, 6) is 0.629. The Hall–Kier alpha value is -0.573. The van der Waals surface area contributed by atoms with Crippen molar-refractivity contribution in [3.05, 3.63) is 27.7 Å². The normalized spacial score (nSPS) is 11.9. The van der Waals surface area contributed by atoms with Gasteiger partial charge in [0, 0.05) is 27.1 Å². The molecule has 0 saturated heterocycles. The summed E-state index contributed by atoms with van der Waals surface area (Å²) in [7, 11) is -1.06. The summed E-state index contributed by atoms with van der Waals surface area (Å²) in [4.78, 5) is 8.51. The first kappa shape index (κ1) is 16.8. The lowest BCUT2D eigenvalue weighted by Gasteiger charge is -2.15. The maximum Gasteiger partial charge on any atom is 0.164 e. The number of ether oxygens (including phenoxy) is 1. The number of hydrogen-bond acceptors (Lipinski definition) is 4. The highest BCUT2D eigenvalue weighted by Gasteiger charge is 2.18. The highest BCUT2D eigenvalue weighted by Crippen LogP contribution is 2.32. The second-order valence-corrected chi connectivity index (χ2v) is 13.0. The van der Waals surface area contributed by atoms with Crippen LogP contribution >= 0.6 is 31.9 Å². The molecular weight excluding hydrogens is 416 g/mol. The van der Waals surface area contributed by atoms with E-state index < -0.39 is 8.07 Å². The molecule has 114 valence electrons. The van der Waals surface area contributed by atoms with E-state index in [1.165, 1.54) is 0 Å². The molecule has 0 aliphatic carbocycles. The molecule has 0 aliphatic rings. The van der Waals surface area contributed by atoms with Gasteiger partial charge in [-0.2, -0.15) is 5.10 Å². The van der Waals surface area contributed by atoms with Gasteiger partial charge in [0.2, 0.25) is 0 Å². The zero-order valence-corrected chi connectivity index (χ0v) is 16.5. The molecule has 0 aromatic carbocycles. The Balaban J connectivity index is 2.06. The quantitative estimate of drug-likeness (QED) is 0.506. The molecule has 2 rings (SSSR count). The van der Waals surface area contributed by atoms with Gasteiger partial charge in [-0.1, -0.05) is 19.6 Å². The molecule has 2 aromatic rings. The molecule has 8 heteroatoms. The van der Waals surface area contributed by atoms with E-state index in [0.717, 1.165) is 22.8 Å². The summed E-state index contributed by atoms with van der Waals surface area (Å²) in [6.45, 7) is 8.18. The van der Waals surface area contributed by atoms with Crippen molar-refractivity contribution in [1.29, 1.82) is 0 Å². The number of halogens is 2. The zero-order valence-electron chi connectivity index (χ0n) is 12.3. The minimum Gasteiger partial charge on any atom is -0.359 e. The van der Waals surface area contributed by atoms with Crippen molar-refractivity contribution in [3.8, 4) is 11.4 Å². The van der Waals surface area contributed by atoms with Crippen LogP contribution in [0, 0.1) is 0 Å². The minimum absolute atomic E-state index is 0.413. The SMILES string of the molecule is C[Si](C)(C)CCOCn1nc(Br)c(-c2ncccn2)c1Br. The molecule has 2 aromatic heterocycles. The van der Waals surface area contributed by atoms with Crippen molar-refractivity contribution in [2.45, 2.75) is 32.4 Å². The molecule has 2 heterocycles. The molecular formula is C13H18Br2N4OSi. The molecule has 0 spiro atoms. The van der Waals surface area contributed by atoms with Crippen molar-refractivity contribution in [2.75, 3.05) is 6.61 Å². The molecule has 0 aliphatic heterocycles. The third kappa shape index (κ3) is 4.70. The Bertz CT molecular complexity index is 598. The van der Waals surface area contributed by atoms with Crippen LogP contribution < -0.4 is 0 Å². The highest BCUT2D eigenvalue weighted by atomic mass is 79.9. The fourth-order valence-electron chi connectivity index (χ4n) is 1.64. The highest BCUT2D eigenvalue weighted by molar-refractivity contribution is 9.11. The van der Waals surface area contributed by atoms with Gasteiger partial charge in [-0.05, 0) is 44.0 Å². The average Bonchev–Trinajstić information content (AvgIpc) is 2.69. The van der Waals surface area contributed by atoms with Gasteiger partial charge in [0.15, 0.2) is 5.82 Å². The molecule has 21 heavy (non-hydrogen) atoms. The first-order chi connectivity index (χ1) is 9.88. The predicted octanol–water partition coefficient (Wildman–Crippen LogP) is 4.18. The topological polar surface area (TPSA) is 52.8 Å². The van der Waals surface area contributed by atoms with Crippen LogP contribution in [0.2, 0.25) is 25.7 Å². The number of rotatable bonds is 6. The van der Waals surface area contributed by atoms with E-state index in [-0.39, 0.29) is 0 Å². The molecule has 0 atom stereocenters. The number of nitrogens with zero attached hydrogens (tertiary/aromatic N) is 4. The van der Waals surface area contributed by atoms with Crippen LogP contribution in [0.5, 0.6) is 0 Å². The van der Waals surface area contributed by atoms with E-state index in [1.54, 1.807) is 23.1 Å². The van der Waals surface area contributed by atoms with Gasteiger partial charge in [-0.25, -0.2) is 14.6 Å². The third-order valence-electron chi connectivity index (χ3n) is 2.85. The van der Waals surface area contributed by atoms with E-state index in [4.69, 9.17) is 4.74 Å². The van der Waals surface area contributed by atoms with Crippen molar-refractivity contribution < 1.29 is 4.74 Å². The smallest absolute Gasteiger partial charge is 0.164 e. The molecule has 5 nitrogen and oxygen atoms in total. The summed E-state index contributed by atoms with van der Waals surface area (Å²) < 4.78 is 9.00. The van der Waals surface area contributed by atoms with Crippen LogP contribution in [0.25, 0.3) is 11.4 Å². The summed E-state index contributed by atoms with van der Waals surface area (Å²) in [6.07, 6.45) is 3.42. The predicted molar refractivity (Wildman–Crippen MR) is 92.8 cm³/mol. The first-order valence-electron chi connectivity index (χ1n) is 6.65. The summed E-state index contributed by atoms with van der Waals surface area (Å²) >= 11 is 7.00. The van der Waals surface area contributed by atoms with Crippen molar-refractivity contribution >= 4 is 39.9 Å². The lowest BCUT2D eigenvalue weighted by Crippen LogP contribution is -2.22. The van der Waals surface area contributed by atoms with Gasteiger partial charge in [-0.3, -0.25) is 0 Å². The third-order valence-corrected chi connectivity index (χ3v) is 5.91. The molecule has 0 bridgehead atoms.